The van der Waals surface area contributed by atoms with Gasteiger partial charge in [-0.15, -0.1) is 11.8 Å². The predicted octanol–water partition coefficient (Wildman–Crippen LogP) is 4.28. The van der Waals surface area contributed by atoms with Gasteiger partial charge in [0.15, 0.2) is 0 Å². The summed E-state index contributed by atoms with van der Waals surface area (Å²) in [6.07, 6.45) is 12.4. The standard InChI is InChI=1S/C17H31NO3S/c1-3-4-5-6-7-8-9-10-11-12-16-18(14(2)19)15(13-22-16)17(20)21/h15-16H,3-13H2,1-2H3,(H,20,21)/t15-,16-/m0/s1. The van der Waals surface area contributed by atoms with E-state index in [1.165, 1.54) is 58.3 Å². The van der Waals surface area contributed by atoms with Crippen molar-refractivity contribution in [3.8, 4) is 0 Å². The largest absolute Gasteiger partial charge is 0.480 e. The molecule has 0 aliphatic carbocycles. The average Bonchev–Trinajstić information content (AvgIpc) is 2.90. The number of nitrogens with zero attached hydrogens (tertiary/aromatic N) is 1. The summed E-state index contributed by atoms with van der Waals surface area (Å²) in [7, 11) is 0. The highest BCUT2D eigenvalue weighted by atomic mass is 32.2. The molecule has 5 heteroatoms. The van der Waals surface area contributed by atoms with Crippen LogP contribution in [0.5, 0.6) is 0 Å². The summed E-state index contributed by atoms with van der Waals surface area (Å²) in [5.41, 5.74) is 0. The van der Waals surface area contributed by atoms with Crippen LogP contribution in [0.2, 0.25) is 0 Å². The summed E-state index contributed by atoms with van der Waals surface area (Å²) in [4.78, 5) is 24.4. The van der Waals surface area contributed by atoms with E-state index in [1.807, 2.05) is 0 Å². The zero-order chi connectivity index (χ0) is 16.4. The number of unbranched alkanes of at least 4 members (excludes halogenated alkanes) is 8. The number of carbonyl (C=O) groups excluding carboxylic acids is 1. The van der Waals surface area contributed by atoms with Crippen LogP contribution in [0, 0.1) is 0 Å². The fourth-order valence-corrected chi connectivity index (χ4v) is 4.52. The zero-order valence-corrected chi connectivity index (χ0v) is 14.9. The van der Waals surface area contributed by atoms with Crippen LogP contribution in [0.1, 0.15) is 78.1 Å². The Morgan fingerprint density at radius 3 is 2.09 bits per heavy atom. The predicted molar refractivity (Wildman–Crippen MR) is 92.0 cm³/mol. The molecule has 1 aliphatic rings. The van der Waals surface area contributed by atoms with Gasteiger partial charge < -0.3 is 10.0 Å². The maximum atomic E-state index is 11.7. The molecule has 0 aromatic carbocycles. The molecule has 0 spiro atoms. The highest BCUT2D eigenvalue weighted by Crippen LogP contribution is 2.32. The number of rotatable bonds is 11. The maximum absolute atomic E-state index is 11.7. The van der Waals surface area contributed by atoms with Crippen molar-refractivity contribution >= 4 is 23.6 Å². The van der Waals surface area contributed by atoms with Crippen molar-refractivity contribution in [3.05, 3.63) is 0 Å². The molecule has 1 amide bonds. The monoisotopic (exact) mass is 329 g/mol. The lowest BCUT2D eigenvalue weighted by Gasteiger charge is -2.26. The van der Waals surface area contributed by atoms with Gasteiger partial charge in [-0.25, -0.2) is 4.79 Å². The molecule has 128 valence electrons. The van der Waals surface area contributed by atoms with Crippen molar-refractivity contribution in [3.63, 3.8) is 0 Å². The van der Waals surface area contributed by atoms with Gasteiger partial charge >= 0.3 is 5.97 Å². The Bertz CT molecular complexity index is 349. The van der Waals surface area contributed by atoms with Crippen LogP contribution < -0.4 is 0 Å². The average molecular weight is 330 g/mol. The quantitative estimate of drug-likeness (QED) is 0.575. The van der Waals surface area contributed by atoms with E-state index >= 15 is 0 Å². The summed E-state index contributed by atoms with van der Waals surface area (Å²) in [5, 5.41) is 9.23. The van der Waals surface area contributed by atoms with Crippen molar-refractivity contribution in [1.29, 1.82) is 0 Å². The number of amides is 1. The maximum Gasteiger partial charge on any atom is 0.327 e. The molecule has 1 aliphatic heterocycles. The van der Waals surface area contributed by atoms with Crippen molar-refractivity contribution < 1.29 is 14.7 Å². The first-order valence-electron chi connectivity index (χ1n) is 8.71. The molecular formula is C17H31NO3S. The smallest absolute Gasteiger partial charge is 0.327 e. The Morgan fingerprint density at radius 1 is 1.05 bits per heavy atom. The lowest BCUT2D eigenvalue weighted by Crippen LogP contribution is -2.44. The third-order valence-corrected chi connectivity index (χ3v) is 5.65. The Balaban J connectivity index is 2.14. The van der Waals surface area contributed by atoms with Crippen LogP contribution in [0.3, 0.4) is 0 Å². The summed E-state index contributed by atoms with van der Waals surface area (Å²) in [6, 6.07) is -0.633. The topological polar surface area (TPSA) is 57.6 Å². The number of carbonyl (C=O) groups is 2. The zero-order valence-electron chi connectivity index (χ0n) is 14.1. The molecule has 0 bridgehead atoms. The molecule has 1 fully saturated rings. The van der Waals surface area contributed by atoms with Crippen LogP contribution in [0.25, 0.3) is 0 Å². The first kappa shape index (κ1) is 19.3. The SMILES string of the molecule is CCCCCCCCCCC[C@@H]1SC[C@@H](C(=O)O)N1C(C)=O. The Hall–Kier alpha value is -0.710. The minimum atomic E-state index is -0.878. The van der Waals surface area contributed by atoms with Crippen LogP contribution in [0.15, 0.2) is 0 Å². The second-order valence-corrected chi connectivity index (χ2v) is 7.40. The Kier molecular flexibility index (Phi) is 9.60. The number of thioether (sulfide) groups is 1. The highest BCUT2D eigenvalue weighted by Gasteiger charge is 2.39. The van der Waals surface area contributed by atoms with E-state index in [2.05, 4.69) is 6.92 Å². The molecular weight excluding hydrogens is 298 g/mol. The summed E-state index contributed by atoms with van der Waals surface area (Å²) >= 11 is 1.62. The molecule has 22 heavy (non-hydrogen) atoms. The number of carboxylic acids is 1. The first-order chi connectivity index (χ1) is 10.6. The van der Waals surface area contributed by atoms with E-state index < -0.39 is 12.0 Å². The first-order valence-corrected chi connectivity index (χ1v) is 9.76. The molecule has 4 nitrogen and oxygen atoms in total. The van der Waals surface area contributed by atoms with E-state index in [0.717, 1.165) is 12.8 Å². The Morgan fingerprint density at radius 2 is 1.59 bits per heavy atom. The molecule has 2 atom stereocenters. The summed E-state index contributed by atoms with van der Waals surface area (Å²) in [6.45, 7) is 3.71. The number of carboxylic acid groups (broad SMARTS) is 1. The highest BCUT2D eigenvalue weighted by molar-refractivity contribution is 8.00. The number of aliphatic carboxylic acids is 1. The molecule has 1 N–H and O–H groups in total. The van der Waals surface area contributed by atoms with Gasteiger partial charge in [-0.05, 0) is 6.42 Å². The van der Waals surface area contributed by atoms with Crippen molar-refractivity contribution in [2.24, 2.45) is 0 Å². The van der Waals surface area contributed by atoms with E-state index in [4.69, 9.17) is 0 Å². The van der Waals surface area contributed by atoms with Gasteiger partial charge in [0.25, 0.3) is 0 Å². The van der Waals surface area contributed by atoms with Gasteiger partial charge in [0.05, 0.1) is 5.37 Å². The molecule has 1 heterocycles. The lowest BCUT2D eigenvalue weighted by molar-refractivity contribution is -0.148. The molecule has 1 rings (SSSR count). The third kappa shape index (κ3) is 6.59. The molecule has 0 aromatic heterocycles. The minimum Gasteiger partial charge on any atom is -0.480 e. The minimum absolute atomic E-state index is 0.0585. The van der Waals surface area contributed by atoms with Gasteiger partial charge in [0.2, 0.25) is 5.91 Å². The molecule has 0 radical (unpaired) electrons. The van der Waals surface area contributed by atoms with Crippen molar-refractivity contribution in [2.45, 2.75) is 89.5 Å². The van der Waals surface area contributed by atoms with Gasteiger partial charge in [0, 0.05) is 12.7 Å². The van der Waals surface area contributed by atoms with Crippen molar-refractivity contribution in [2.75, 3.05) is 5.75 Å². The fraction of sp³-hybridized carbons (Fsp3) is 0.882. The third-order valence-electron chi connectivity index (χ3n) is 4.30. The Labute approximate surface area is 139 Å². The summed E-state index contributed by atoms with van der Waals surface area (Å²) in [5.74, 6) is -0.465. The number of hydrogen-bond acceptors (Lipinski definition) is 3. The van der Waals surface area contributed by atoms with Crippen molar-refractivity contribution in [1.82, 2.24) is 4.90 Å². The van der Waals surface area contributed by atoms with Crippen LogP contribution in [-0.4, -0.2) is 39.1 Å². The van der Waals surface area contributed by atoms with E-state index in [-0.39, 0.29) is 11.3 Å². The second kappa shape index (κ2) is 10.9. The van der Waals surface area contributed by atoms with Gasteiger partial charge in [0.1, 0.15) is 6.04 Å². The molecule has 0 saturated carbocycles. The summed E-state index contributed by atoms with van der Waals surface area (Å²) < 4.78 is 0. The van der Waals surface area contributed by atoms with Crippen LogP contribution in [0.4, 0.5) is 0 Å². The fourth-order valence-electron chi connectivity index (χ4n) is 3.03. The van der Waals surface area contributed by atoms with Gasteiger partial charge in [-0.3, -0.25) is 4.79 Å². The van der Waals surface area contributed by atoms with E-state index in [9.17, 15) is 14.7 Å². The van der Waals surface area contributed by atoms with E-state index in [1.54, 1.807) is 16.7 Å². The second-order valence-electron chi connectivity index (χ2n) is 6.19. The molecule has 1 saturated heterocycles. The number of hydrogen-bond donors (Lipinski definition) is 1. The van der Waals surface area contributed by atoms with Gasteiger partial charge in [-0.2, -0.15) is 0 Å². The van der Waals surface area contributed by atoms with Gasteiger partial charge in [-0.1, -0.05) is 64.7 Å². The van der Waals surface area contributed by atoms with E-state index in [0.29, 0.717) is 5.75 Å². The lowest BCUT2D eigenvalue weighted by atomic mass is 10.1. The normalized spacial score (nSPS) is 21.3. The van der Waals surface area contributed by atoms with Crippen LogP contribution in [-0.2, 0) is 9.59 Å². The molecule has 0 aromatic rings. The molecule has 0 unspecified atom stereocenters. The van der Waals surface area contributed by atoms with Crippen LogP contribution >= 0.6 is 11.8 Å².